The van der Waals surface area contributed by atoms with Crippen molar-refractivity contribution in [2.75, 3.05) is 6.54 Å². The van der Waals surface area contributed by atoms with Crippen molar-refractivity contribution >= 4 is 0 Å². The highest BCUT2D eigenvalue weighted by molar-refractivity contribution is 5.32. The molecule has 0 amide bonds. The molecular formula is C14H15F4N3. The standard InChI is InChI=1S/C14H15F4N3/c1-3-19-12(13-20-6-7-21(13)2)9-4-5-11(15)10(8-9)14(16,17)18/h4-8,12,19H,3H2,1-2H3. The van der Waals surface area contributed by atoms with E-state index >= 15 is 0 Å². The average molecular weight is 301 g/mol. The Morgan fingerprint density at radius 1 is 1.33 bits per heavy atom. The van der Waals surface area contributed by atoms with Gasteiger partial charge in [-0.1, -0.05) is 13.0 Å². The van der Waals surface area contributed by atoms with E-state index in [0.717, 1.165) is 12.1 Å². The summed E-state index contributed by atoms with van der Waals surface area (Å²) in [6.07, 6.45) is -1.46. The van der Waals surface area contributed by atoms with E-state index in [2.05, 4.69) is 10.3 Å². The molecule has 1 aromatic heterocycles. The van der Waals surface area contributed by atoms with E-state index in [4.69, 9.17) is 0 Å². The maximum absolute atomic E-state index is 13.4. The summed E-state index contributed by atoms with van der Waals surface area (Å²) in [5.74, 6) is -0.710. The second-order valence-corrected chi connectivity index (χ2v) is 4.62. The zero-order valence-corrected chi connectivity index (χ0v) is 11.6. The number of benzene rings is 1. The van der Waals surface area contributed by atoms with Crippen molar-refractivity contribution in [3.05, 3.63) is 53.4 Å². The minimum atomic E-state index is -4.72. The van der Waals surface area contributed by atoms with Crippen molar-refractivity contribution in [1.82, 2.24) is 14.9 Å². The Balaban J connectivity index is 2.49. The Morgan fingerprint density at radius 3 is 2.57 bits per heavy atom. The van der Waals surface area contributed by atoms with Crippen LogP contribution < -0.4 is 5.32 Å². The first-order valence-electron chi connectivity index (χ1n) is 6.41. The number of imidazole rings is 1. The molecule has 1 N–H and O–H groups in total. The molecule has 1 atom stereocenters. The van der Waals surface area contributed by atoms with Gasteiger partial charge in [-0.05, 0) is 24.2 Å². The third-order valence-electron chi connectivity index (χ3n) is 3.15. The van der Waals surface area contributed by atoms with Crippen LogP contribution in [0.4, 0.5) is 17.6 Å². The van der Waals surface area contributed by atoms with Gasteiger partial charge < -0.3 is 9.88 Å². The summed E-state index contributed by atoms with van der Waals surface area (Å²) in [6.45, 7) is 2.38. The largest absolute Gasteiger partial charge is 0.419 e. The van der Waals surface area contributed by atoms with Gasteiger partial charge in [-0.3, -0.25) is 0 Å². The van der Waals surface area contributed by atoms with E-state index in [-0.39, 0.29) is 0 Å². The predicted molar refractivity (Wildman–Crippen MR) is 70.1 cm³/mol. The molecule has 0 aliphatic heterocycles. The molecule has 2 rings (SSSR count). The number of nitrogens with zero attached hydrogens (tertiary/aromatic N) is 2. The van der Waals surface area contributed by atoms with Gasteiger partial charge in [0, 0.05) is 19.4 Å². The molecule has 1 heterocycles. The van der Waals surface area contributed by atoms with Gasteiger partial charge >= 0.3 is 6.18 Å². The smallest absolute Gasteiger partial charge is 0.336 e. The summed E-state index contributed by atoms with van der Waals surface area (Å²) in [6, 6.07) is 2.48. The summed E-state index contributed by atoms with van der Waals surface area (Å²) < 4.78 is 53.5. The molecule has 0 saturated carbocycles. The number of hydrogen-bond donors (Lipinski definition) is 1. The van der Waals surface area contributed by atoms with Crippen molar-refractivity contribution in [1.29, 1.82) is 0 Å². The normalized spacial score (nSPS) is 13.4. The van der Waals surface area contributed by atoms with E-state index in [9.17, 15) is 17.6 Å². The van der Waals surface area contributed by atoms with Crippen LogP contribution in [-0.2, 0) is 13.2 Å². The SMILES string of the molecule is CCNC(c1ccc(F)c(C(F)(F)F)c1)c1nccn1C. The molecule has 1 aromatic carbocycles. The fraction of sp³-hybridized carbons (Fsp3) is 0.357. The molecule has 7 heteroatoms. The fourth-order valence-electron chi connectivity index (χ4n) is 2.16. The van der Waals surface area contributed by atoms with Crippen LogP contribution >= 0.6 is 0 Å². The molecule has 3 nitrogen and oxygen atoms in total. The molecule has 0 spiro atoms. The average Bonchev–Trinajstić information content (AvgIpc) is 2.82. The van der Waals surface area contributed by atoms with E-state index in [1.54, 1.807) is 24.0 Å². The Labute approximate surface area is 119 Å². The van der Waals surface area contributed by atoms with Crippen molar-refractivity contribution < 1.29 is 17.6 Å². The molecular weight excluding hydrogens is 286 g/mol. The van der Waals surface area contributed by atoms with Gasteiger partial charge in [0.2, 0.25) is 0 Å². The number of aromatic nitrogens is 2. The lowest BCUT2D eigenvalue weighted by molar-refractivity contribution is -0.140. The number of rotatable bonds is 4. The highest BCUT2D eigenvalue weighted by Gasteiger charge is 2.35. The van der Waals surface area contributed by atoms with Crippen LogP contribution in [0.5, 0.6) is 0 Å². The van der Waals surface area contributed by atoms with Gasteiger partial charge in [-0.15, -0.1) is 0 Å². The number of hydrogen-bond acceptors (Lipinski definition) is 2. The number of aryl methyl sites for hydroxylation is 1. The lowest BCUT2D eigenvalue weighted by atomic mass is 10.0. The van der Waals surface area contributed by atoms with Crippen LogP contribution in [0.15, 0.2) is 30.6 Å². The van der Waals surface area contributed by atoms with Crippen molar-refractivity contribution in [2.45, 2.75) is 19.1 Å². The highest BCUT2D eigenvalue weighted by Crippen LogP contribution is 2.33. The first-order chi connectivity index (χ1) is 9.84. The fourth-order valence-corrected chi connectivity index (χ4v) is 2.16. The Hall–Kier alpha value is -1.89. The molecule has 0 fully saturated rings. The highest BCUT2D eigenvalue weighted by atomic mass is 19.4. The topological polar surface area (TPSA) is 29.9 Å². The Bertz CT molecular complexity index is 619. The summed E-state index contributed by atoms with van der Waals surface area (Å²) in [5, 5.41) is 3.07. The van der Waals surface area contributed by atoms with E-state index in [1.165, 1.54) is 6.07 Å². The van der Waals surface area contributed by atoms with Crippen LogP contribution in [0.1, 0.15) is 29.9 Å². The van der Waals surface area contributed by atoms with Crippen LogP contribution in [0, 0.1) is 5.82 Å². The molecule has 0 bridgehead atoms. The number of alkyl halides is 3. The molecule has 0 saturated heterocycles. The predicted octanol–water partition coefficient (Wildman–Crippen LogP) is 3.28. The second kappa shape index (κ2) is 5.85. The summed E-state index contributed by atoms with van der Waals surface area (Å²) >= 11 is 0. The van der Waals surface area contributed by atoms with Gasteiger partial charge in [0.25, 0.3) is 0 Å². The summed E-state index contributed by atoms with van der Waals surface area (Å²) in [4.78, 5) is 4.15. The minimum absolute atomic E-state index is 0.319. The maximum atomic E-state index is 13.4. The van der Waals surface area contributed by atoms with Crippen LogP contribution in [0.3, 0.4) is 0 Å². The molecule has 0 aliphatic rings. The summed E-state index contributed by atoms with van der Waals surface area (Å²) in [5.41, 5.74) is -0.947. The molecule has 21 heavy (non-hydrogen) atoms. The Morgan fingerprint density at radius 2 is 2.05 bits per heavy atom. The van der Waals surface area contributed by atoms with E-state index < -0.39 is 23.6 Å². The quantitative estimate of drug-likeness (QED) is 0.878. The molecule has 1 unspecified atom stereocenters. The second-order valence-electron chi connectivity index (χ2n) is 4.62. The van der Waals surface area contributed by atoms with Crippen molar-refractivity contribution in [3.63, 3.8) is 0 Å². The van der Waals surface area contributed by atoms with Gasteiger partial charge in [-0.25, -0.2) is 9.37 Å². The van der Waals surface area contributed by atoms with E-state index in [0.29, 0.717) is 17.9 Å². The molecule has 114 valence electrons. The Kier molecular flexibility index (Phi) is 4.32. The maximum Gasteiger partial charge on any atom is 0.419 e. The number of nitrogens with one attached hydrogen (secondary N) is 1. The molecule has 0 radical (unpaired) electrons. The van der Waals surface area contributed by atoms with Crippen LogP contribution in [-0.4, -0.2) is 16.1 Å². The van der Waals surface area contributed by atoms with Crippen LogP contribution in [0.25, 0.3) is 0 Å². The lowest BCUT2D eigenvalue weighted by Crippen LogP contribution is -2.25. The first-order valence-corrected chi connectivity index (χ1v) is 6.41. The van der Waals surface area contributed by atoms with Gasteiger partial charge in [0.05, 0.1) is 11.6 Å². The van der Waals surface area contributed by atoms with Crippen molar-refractivity contribution in [2.24, 2.45) is 7.05 Å². The molecule has 0 aliphatic carbocycles. The first kappa shape index (κ1) is 15.5. The van der Waals surface area contributed by atoms with E-state index in [1.807, 2.05) is 6.92 Å². The molecule has 2 aromatic rings. The van der Waals surface area contributed by atoms with Gasteiger partial charge in [0.1, 0.15) is 11.6 Å². The minimum Gasteiger partial charge on any atom is -0.336 e. The summed E-state index contributed by atoms with van der Waals surface area (Å²) in [7, 11) is 1.75. The number of halogens is 4. The monoisotopic (exact) mass is 301 g/mol. The van der Waals surface area contributed by atoms with Gasteiger partial charge in [-0.2, -0.15) is 13.2 Å². The van der Waals surface area contributed by atoms with Gasteiger partial charge in [0.15, 0.2) is 0 Å². The zero-order valence-electron chi connectivity index (χ0n) is 11.6. The zero-order chi connectivity index (χ0) is 15.6. The van der Waals surface area contributed by atoms with Crippen LogP contribution in [0.2, 0.25) is 0 Å². The lowest BCUT2D eigenvalue weighted by Gasteiger charge is -2.19. The van der Waals surface area contributed by atoms with Crippen molar-refractivity contribution in [3.8, 4) is 0 Å². The third kappa shape index (κ3) is 3.24. The third-order valence-corrected chi connectivity index (χ3v) is 3.15.